The van der Waals surface area contributed by atoms with E-state index in [1.165, 1.54) is 5.56 Å². The number of rotatable bonds is 10. The van der Waals surface area contributed by atoms with Gasteiger partial charge in [-0.25, -0.2) is 14.4 Å². The largest absolute Gasteiger partial charge is 0.478 e. The minimum absolute atomic E-state index is 0.0366. The highest BCUT2D eigenvalue weighted by Gasteiger charge is 2.36. The molecule has 0 bridgehead atoms. The normalized spacial score (nSPS) is 16.9. The van der Waals surface area contributed by atoms with E-state index in [1.54, 1.807) is 38.1 Å². The summed E-state index contributed by atoms with van der Waals surface area (Å²) in [7, 11) is 0. The quantitative estimate of drug-likeness (QED) is 0.286. The number of benzene rings is 2. The van der Waals surface area contributed by atoms with E-state index >= 15 is 0 Å². The summed E-state index contributed by atoms with van der Waals surface area (Å²) in [5, 5.41) is 28.2. The zero-order valence-corrected chi connectivity index (χ0v) is 22.9. The van der Waals surface area contributed by atoms with Gasteiger partial charge in [-0.15, -0.1) is 0 Å². The molecular weight excluding hydrogens is 510 g/mol. The topological polar surface area (TPSA) is 134 Å². The fourth-order valence-electron chi connectivity index (χ4n) is 5.38. The summed E-state index contributed by atoms with van der Waals surface area (Å²) >= 11 is 0. The molecule has 0 saturated carbocycles. The molecule has 2 aliphatic heterocycles. The fourth-order valence-corrected chi connectivity index (χ4v) is 5.38. The van der Waals surface area contributed by atoms with Gasteiger partial charge in [0.2, 0.25) is 0 Å². The standard InChI is InChI=1S/C30H37N5O5/c1-20-25(28(36)37)27(26(29(38)39)21(2)32-20)23-10-6-11-24(18-23)33-30(40)31-12-7-13-34-14-16-35(17-15-34)19-22-8-4-3-5-9-22/h3-6,8-11,18,27,32H,7,12-17,19H2,1-2H3,(H,36,37)(H,38,39)(H2,31,33,40). The SMILES string of the molecule is CC1=C(C(=O)O)C(c2cccc(NC(=O)NCCCN3CCN(Cc4ccccc4)CC3)c2)C(C(=O)O)=C(C)N1. The number of anilines is 1. The molecule has 0 unspecified atom stereocenters. The average molecular weight is 548 g/mol. The van der Waals surface area contributed by atoms with Gasteiger partial charge < -0.3 is 31.1 Å². The monoisotopic (exact) mass is 547 g/mol. The third kappa shape index (κ3) is 7.28. The summed E-state index contributed by atoms with van der Waals surface area (Å²) in [5.41, 5.74) is 2.95. The van der Waals surface area contributed by atoms with Crippen LogP contribution in [-0.4, -0.2) is 77.3 Å². The molecule has 10 heteroatoms. The Balaban J connectivity index is 1.26. The number of carbonyl (C=O) groups excluding carboxylic acids is 1. The van der Waals surface area contributed by atoms with Crippen LogP contribution in [-0.2, 0) is 16.1 Å². The van der Waals surface area contributed by atoms with Crippen molar-refractivity contribution in [3.05, 3.63) is 88.3 Å². The Labute approximate surface area is 234 Å². The van der Waals surface area contributed by atoms with E-state index in [-0.39, 0.29) is 17.2 Å². The average Bonchev–Trinajstić information content (AvgIpc) is 2.92. The number of allylic oxidation sites excluding steroid dienone is 2. The number of carboxylic acids is 2. The number of hydrogen-bond acceptors (Lipinski definition) is 6. The second-order valence-corrected chi connectivity index (χ2v) is 10.2. The van der Waals surface area contributed by atoms with Crippen molar-refractivity contribution in [1.29, 1.82) is 0 Å². The molecule has 2 aromatic carbocycles. The molecule has 4 rings (SSSR count). The molecule has 212 valence electrons. The number of amides is 2. The number of carboxylic acid groups (broad SMARTS) is 2. The zero-order valence-electron chi connectivity index (χ0n) is 22.9. The van der Waals surface area contributed by atoms with Crippen molar-refractivity contribution in [3.8, 4) is 0 Å². The van der Waals surface area contributed by atoms with Gasteiger partial charge in [0.25, 0.3) is 0 Å². The Hall–Kier alpha value is -4.15. The maximum Gasteiger partial charge on any atom is 0.334 e. The Kier molecular flexibility index (Phi) is 9.57. The van der Waals surface area contributed by atoms with E-state index in [0.29, 0.717) is 29.2 Å². The smallest absolute Gasteiger partial charge is 0.334 e. The van der Waals surface area contributed by atoms with Crippen molar-refractivity contribution in [1.82, 2.24) is 20.4 Å². The highest BCUT2D eigenvalue weighted by Crippen LogP contribution is 2.38. The number of nitrogens with one attached hydrogen (secondary N) is 3. The first kappa shape index (κ1) is 28.8. The predicted molar refractivity (Wildman–Crippen MR) is 153 cm³/mol. The molecule has 2 aromatic rings. The Morgan fingerprint density at radius 1 is 0.875 bits per heavy atom. The first-order valence-electron chi connectivity index (χ1n) is 13.5. The van der Waals surface area contributed by atoms with Crippen molar-refractivity contribution in [2.24, 2.45) is 0 Å². The van der Waals surface area contributed by atoms with Crippen LogP contribution in [0.1, 0.15) is 37.3 Å². The lowest BCUT2D eigenvalue weighted by Gasteiger charge is -2.34. The summed E-state index contributed by atoms with van der Waals surface area (Å²) in [6.45, 7) is 9.65. The third-order valence-corrected chi connectivity index (χ3v) is 7.35. The molecule has 2 heterocycles. The second-order valence-electron chi connectivity index (χ2n) is 10.2. The van der Waals surface area contributed by atoms with Gasteiger partial charge in [0.05, 0.1) is 17.1 Å². The van der Waals surface area contributed by atoms with Crippen LogP contribution in [0.3, 0.4) is 0 Å². The molecular formula is C30H37N5O5. The molecule has 2 aliphatic rings. The van der Waals surface area contributed by atoms with Gasteiger partial charge in [0.1, 0.15) is 0 Å². The fraction of sp³-hybridized carbons (Fsp3) is 0.367. The van der Waals surface area contributed by atoms with E-state index in [2.05, 4.69) is 50.0 Å². The summed E-state index contributed by atoms with van der Waals surface area (Å²) in [4.78, 5) is 41.5. The maximum atomic E-state index is 12.6. The summed E-state index contributed by atoms with van der Waals surface area (Å²) in [5.74, 6) is -3.38. The molecule has 5 N–H and O–H groups in total. The summed E-state index contributed by atoms with van der Waals surface area (Å²) in [6.07, 6.45) is 0.819. The Bertz CT molecular complexity index is 1260. The molecule has 0 radical (unpaired) electrons. The number of carbonyl (C=O) groups is 3. The second kappa shape index (κ2) is 13.3. The number of nitrogens with zero attached hydrogens (tertiary/aromatic N) is 2. The van der Waals surface area contributed by atoms with E-state index in [0.717, 1.165) is 45.7 Å². The predicted octanol–water partition coefficient (Wildman–Crippen LogP) is 3.42. The molecule has 10 nitrogen and oxygen atoms in total. The Morgan fingerprint density at radius 2 is 1.50 bits per heavy atom. The third-order valence-electron chi connectivity index (χ3n) is 7.35. The van der Waals surface area contributed by atoms with Crippen LogP contribution in [0.25, 0.3) is 0 Å². The van der Waals surface area contributed by atoms with Crippen LogP contribution in [0.2, 0.25) is 0 Å². The van der Waals surface area contributed by atoms with E-state index < -0.39 is 17.9 Å². The Morgan fingerprint density at radius 3 is 2.12 bits per heavy atom. The molecule has 0 atom stereocenters. The minimum atomic E-state index is -1.20. The van der Waals surface area contributed by atoms with Crippen LogP contribution in [0.5, 0.6) is 0 Å². The first-order chi connectivity index (χ1) is 19.2. The minimum Gasteiger partial charge on any atom is -0.478 e. The van der Waals surface area contributed by atoms with Crippen LogP contribution < -0.4 is 16.0 Å². The molecule has 1 fully saturated rings. The number of urea groups is 1. The molecule has 1 saturated heterocycles. The van der Waals surface area contributed by atoms with Crippen molar-refractivity contribution < 1.29 is 24.6 Å². The van der Waals surface area contributed by atoms with Gasteiger partial charge in [-0.1, -0.05) is 42.5 Å². The van der Waals surface area contributed by atoms with E-state index in [1.807, 2.05) is 6.07 Å². The molecule has 2 amide bonds. The van der Waals surface area contributed by atoms with Crippen molar-refractivity contribution >= 4 is 23.7 Å². The summed E-state index contributed by atoms with van der Waals surface area (Å²) in [6, 6.07) is 16.8. The van der Waals surface area contributed by atoms with Crippen molar-refractivity contribution in [2.45, 2.75) is 32.7 Å². The number of aliphatic carboxylic acids is 2. The van der Waals surface area contributed by atoms with Gasteiger partial charge in [-0.3, -0.25) is 4.90 Å². The molecule has 0 aromatic heterocycles. The molecule has 0 aliphatic carbocycles. The van der Waals surface area contributed by atoms with Crippen molar-refractivity contribution in [3.63, 3.8) is 0 Å². The first-order valence-corrected chi connectivity index (χ1v) is 13.5. The lowest BCUT2D eigenvalue weighted by atomic mass is 9.80. The lowest BCUT2D eigenvalue weighted by Crippen LogP contribution is -2.46. The van der Waals surface area contributed by atoms with E-state index in [9.17, 15) is 24.6 Å². The van der Waals surface area contributed by atoms with Crippen LogP contribution in [0.15, 0.2) is 77.1 Å². The van der Waals surface area contributed by atoms with Crippen LogP contribution in [0.4, 0.5) is 10.5 Å². The molecule has 40 heavy (non-hydrogen) atoms. The van der Waals surface area contributed by atoms with Gasteiger partial charge in [-0.2, -0.15) is 0 Å². The van der Waals surface area contributed by atoms with E-state index in [4.69, 9.17) is 0 Å². The molecule has 0 spiro atoms. The number of hydrogen-bond donors (Lipinski definition) is 5. The van der Waals surface area contributed by atoms with Gasteiger partial charge in [0, 0.05) is 56.4 Å². The lowest BCUT2D eigenvalue weighted by molar-refractivity contribution is -0.133. The van der Waals surface area contributed by atoms with Gasteiger partial charge in [0.15, 0.2) is 0 Å². The summed E-state index contributed by atoms with van der Waals surface area (Å²) < 4.78 is 0. The number of piperazine rings is 1. The maximum absolute atomic E-state index is 12.6. The number of dihydropyridines is 1. The van der Waals surface area contributed by atoms with Gasteiger partial charge in [-0.05, 0) is 50.1 Å². The zero-order chi connectivity index (χ0) is 28.6. The van der Waals surface area contributed by atoms with Crippen LogP contribution >= 0.6 is 0 Å². The highest BCUT2D eigenvalue weighted by atomic mass is 16.4. The van der Waals surface area contributed by atoms with Crippen molar-refractivity contribution in [2.75, 3.05) is 44.6 Å². The van der Waals surface area contributed by atoms with Crippen LogP contribution in [0, 0.1) is 0 Å². The van der Waals surface area contributed by atoms with Gasteiger partial charge >= 0.3 is 18.0 Å². The highest BCUT2D eigenvalue weighted by molar-refractivity contribution is 5.98.